The van der Waals surface area contributed by atoms with Gasteiger partial charge in [0.05, 0.1) is 0 Å². The highest BCUT2D eigenvalue weighted by Gasteiger charge is 1.92. The molecule has 1 nitrogen and oxygen atoms in total. The van der Waals surface area contributed by atoms with E-state index >= 15 is 0 Å². The molecule has 0 aromatic heterocycles. The second-order valence-corrected chi connectivity index (χ2v) is 2.46. The third-order valence-corrected chi connectivity index (χ3v) is 1.42. The molecule has 1 heteroatoms. The van der Waals surface area contributed by atoms with Gasteiger partial charge >= 0.3 is 0 Å². The van der Waals surface area contributed by atoms with E-state index in [0.29, 0.717) is 5.92 Å². The molecule has 0 aliphatic carbocycles. The van der Waals surface area contributed by atoms with Gasteiger partial charge in [0, 0.05) is 6.42 Å². The van der Waals surface area contributed by atoms with Crippen LogP contribution in [0.5, 0.6) is 0 Å². The summed E-state index contributed by atoms with van der Waals surface area (Å²) >= 11 is 0. The molecule has 0 saturated carbocycles. The van der Waals surface area contributed by atoms with Crippen LogP contribution in [0.15, 0.2) is 12.2 Å². The van der Waals surface area contributed by atoms with Gasteiger partial charge in [-0.2, -0.15) is 0 Å². The predicted octanol–water partition coefficient (Wildman–Crippen LogP) is 2.18. The second-order valence-electron chi connectivity index (χ2n) is 2.46. The SMILES string of the molecule is CC#CCCC(C)/C=C/C=O. The van der Waals surface area contributed by atoms with Crippen molar-refractivity contribution >= 4 is 6.29 Å². The van der Waals surface area contributed by atoms with E-state index in [2.05, 4.69) is 18.8 Å². The number of rotatable bonds is 4. The van der Waals surface area contributed by atoms with Crippen LogP contribution in [0.2, 0.25) is 0 Å². The zero-order valence-corrected chi connectivity index (χ0v) is 7.13. The third-order valence-electron chi connectivity index (χ3n) is 1.42. The summed E-state index contributed by atoms with van der Waals surface area (Å²) in [7, 11) is 0. The summed E-state index contributed by atoms with van der Waals surface area (Å²) in [6, 6.07) is 0. The Morgan fingerprint density at radius 2 is 2.27 bits per heavy atom. The molecule has 0 aliphatic rings. The number of carbonyl (C=O) groups excluding carboxylic acids is 1. The first kappa shape index (κ1) is 9.97. The van der Waals surface area contributed by atoms with Crippen molar-refractivity contribution in [3.8, 4) is 11.8 Å². The molecule has 0 saturated heterocycles. The van der Waals surface area contributed by atoms with Gasteiger partial charge in [0.2, 0.25) is 0 Å². The van der Waals surface area contributed by atoms with Crippen LogP contribution in [-0.4, -0.2) is 6.29 Å². The van der Waals surface area contributed by atoms with E-state index in [9.17, 15) is 4.79 Å². The van der Waals surface area contributed by atoms with Crippen LogP contribution in [0.25, 0.3) is 0 Å². The highest BCUT2D eigenvalue weighted by Crippen LogP contribution is 2.05. The molecule has 0 rings (SSSR count). The van der Waals surface area contributed by atoms with Crippen LogP contribution >= 0.6 is 0 Å². The summed E-state index contributed by atoms with van der Waals surface area (Å²) in [6.45, 7) is 3.92. The van der Waals surface area contributed by atoms with Gasteiger partial charge in [-0.3, -0.25) is 4.79 Å². The van der Waals surface area contributed by atoms with Gasteiger partial charge in [0.15, 0.2) is 0 Å². The number of hydrogen-bond donors (Lipinski definition) is 0. The van der Waals surface area contributed by atoms with Crippen molar-refractivity contribution in [2.24, 2.45) is 5.92 Å². The van der Waals surface area contributed by atoms with Crippen LogP contribution in [0.3, 0.4) is 0 Å². The van der Waals surface area contributed by atoms with E-state index in [1.807, 2.05) is 13.0 Å². The first-order valence-corrected chi connectivity index (χ1v) is 3.82. The van der Waals surface area contributed by atoms with Crippen molar-refractivity contribution in [2.45, 2.75) is 26.7 Å². The monoisotopic (exact) mass is 150 g/mol. The Balaban J connectivity index is 3.49. The van der Waals surface area contributed by atoms with Gasteiger partial charge in [-0.15, -0.1) is 11.8 Å². The zero-order chi connectivity index (χ0) is 8.53. The molecule has 0 fully saturated rings. The lowest BCUT2D eigenvalue weighted by molar-refractivity contribution is -0.104. The molecule has 0 amide bonds. The van der Waals surface area contributed by atoms with Gasteiger partial charge in [-0.25, -0.2) is 0 Å². The summed E-state index contributed by atoms with van der Waals surface area (Å²) in [5.74, 6) is 6.28. The van der Waals surface area contributed by atoms with Crippen LogP contribution in [0, 0.1) is 17.8 Å². The van der Waals surface area contributed by atoms with Crippen molar-refractivity contribution in [3.63, 3.8) is 0 Å². The summed E-state index contributed by atoms with van der Waals surface area (Å²) in [5.41, 5.74) is 0. The minimum absolute atomic E-state index is 0.459. The van der Waals surface area contributed by atoms with Crippen molar-refractivity contribution in [1.82, 2.24) is 0 Å². The fourth-order valence-electron chi connectivity index (χ4n) is 0.756. The molecule has 60 valence electrons. The topological polar surface area (TPSA) is 17.1 Å². The molecular weight excluding hydrogens is 136 g/mol. The Kier molecular flexibility index (Phi) is 6.42. The lowest BCUT2D eigenvalue weighted by Crippen LogP contribution is -1.87. The zero-order valence-electron chi connectivity index (χ0n) is 7.13. The van der Waals surface area contributed by atoms with Crippen molar-refractivity contribution in [1.29, 1.82) is 0 Å². The third kappa shape index (κ3) is 6.86. The van der Waals surface area contributed by atoms with Gasteiger partial charge in [0.25, 0.3) is 0 Å². The highest BCUT2D eigenvalue weighted by atomic mass is 16.1. The summed E-state index contributed by atoms with van der Waals surface area (Å²) in [4.78, 5) is 9.92. The van der Waals surface area contributed by atoms with Crippen molar-refractivity contribution in [2.75, 3.05) is 0 Å². The lowest BCUT2D eigenvalue weighted by Gasteiger charge is -1.99. The molecule has 1 unspecified atom stereocenters. The van der Waals surface area contributed by atoms with Crippen molar-refractivity contribution < 1.29 is 4.79 Å². The van der Waals surface area contributed by atoms with Gasteiger partial charge in [-0.1, -0.05) is 13.0 Å². The van der Waals surface area contributed by atoms with E-state index in [4.69, 9.17) is 0 Å². The largest absolute Gasteiger partial charge is 0.299 e. The molecule has 1 atom stereocenters. The fourth-order valence-corrected chi connectivity index (χ4v) is 0.756. The average molecular weight is 150 g/mol. The maximum absolute atomic E-state index is 9.92. The Morgan fingerprint density at radius 3 is 2.82 bits per heavy atom. The lowest BCUT2D eigenvalue weighted by atomic mass is 10.1. The molecule has 0 spiro atoms. The second kappa shape index (κ2) is 7.08. The van der Waals surface area contributed by atoms with Crippen LogP contribution in [0.1, 0.15) is 26.7 Å². The number of carbonyl (C=O) groups is 1. The van der Waals surface area contributed by atoms with E-state index in [-0.39, 0.29) is 0 Å². The molecule has 0 aliphatic heterocycles. The summed E-state index contributed by atoms with van der Waals surface area (Å²) in [6.07, 6.45) is 6.21. The quantitative estimate of drug-likeness (QED) is 0.341. The van der Waals surface area contributed by atoms with Crippen LogP contribution in [-0.2, 0) is 4.79 Å². The van der Waals surface area contributed by atoms with Crippen LogP contribution in [0.4, 0.5) is 0 Å². The molecule has 0 aromatic rings. The Hall–Kier alpha value is -1.03. The molecule has 11 heavy (non-hydrogen) atoms. The standard InChI is InChI=1S/C10H14O/c1-3-4-5-7-10(2)8-6-9-11/h6,8-10H,5,7H2,1-2H3/b8-6+. The smallest absolute Gasteiger partial charge is 0.142 e. The number of allylic oxidation sites excluding steroid dienone is 2. The molecular formula is C10H14O. The summed E-state index contributed by atoms with van der Waals surface area (Å²) in [5, 5.41) is 0. The number of aldehydes is 1. The first-order chi connectivity index (χ1) is 5.31. The fraction of sp³-hybridized carbons (Fsp3) is 0.500. The van der Waals surface area contributed by atoms with Gasteiger partial charge < -0.3 is 0 Å². The molecule has 0 aromatic carbocycles. The Labute approximate surface area is 68.5 Å². The molecule has 0 radical (unpaired) electrons. The van der Waals surface area contributed by atoms with Crippen molar-refractivity contribution in [3.05, 3.63) is 12.2 Å². The van der Waals surface area contributed by atoms with Gasteiger partial charge in [0.1, 0.15) is 6.29 Å². The Morgan fingerprint density at radius 1 is 1.55 bits per heavy atom. The van der Waals surface area contributed by atoms with Gasteiger partial charge in [-0.05, 0) is 25.3 Å². The number of hydrogen-bond acceptors (Lipinski definition) is 1. The predicted molar refractivity (Wildman–Crippen MR) is 47.1 cm³/mol. The van der Waals surface area contributed by atoms with E-state index in [1.165, 1.54) is 0 Å². The first-order valence-electron chi connectivity index (χ1n) is 3.82. The van der Waals surface area contributed by atoms with E-state index < -0.39 is 0 Å². The van der Waals surface area contributed by atoms with E-state index in [0.717, 1.165) is 19.1 Å². The summed E-state index contributed by atoms with van der Waals surface area (Å²) < 4.78 is 0. The highest BCUT2D eigenvalue weighted by molar-refractivity contribution is 5.64. The average Bonchev–Trinajstić information content (AvgIpc) is 2.01. The minimum Gasteiger partial charge on any atom is -0.299 e. The maximum Gasteiger partial charge on any atom is 0.142 e. The molecule has 0 N–H and O–H groups in total. The maximum atomic E-state index is 9.92. The molecule has 0 heterocycles. The molecule has 0 bridgehead atoms. The normalized spacial score (nSPS) is 12.2. The van der Waals surface area contributed by atoms with Crippen LogP contribution < -0.4 is 0 Å². The van der Waals surface area contributed by atoms with E-state index in [1.54, 1.807) is 6.08 Å². The Bertz CT molecular complexity index is 181. The minimum atomic E-state index is 0.459.